The third kappa shape index (κ3) is 6.95. The summed E-state index contributed by atoms with van der Waals surface area (Å²) in [6, 6.07) is 0. The average molecular weight is 268 g/mol. The summed E-state index contributed by atoms with van der Waals surface area (Å²) in [5.74, 6) is 1.99. The van der Waals surface area contributed by atoms with Gasteiger partial charge in [0.2, 0.25) is 5.91 Å². The Balaban J connectivity index is 2.23. The molecule has 1 rings (SSSR count). The summed E-state index contributed by atoms with van der Waals surface area (Å²) in [7, 11) is 0. The molecule has 1 heterocycles. The predicted molar refractivity (Wildman–Crippen MR) is 81.0 cm³/mol. The molecule has 3 unspecified atom stereocenters. The SMILES string of the molecule is CC(CC(=O)NCC1CNCCC1C)CC(C)(C)C. The molecule has 19 heavy (non-hydrogen) atoms. The second-order valence-corrected chi connectivity index (χ2v) is 7.61. The van der Waals surface area contributed by atoms with Crippen LogP contribution < -0.4 is 10.6 Å². The summed E-state index contributed by atoms with van der Waals surface area (Å²) in [6.45, 7) is 14.2. The van der Waals surface area contributed by atoms with E-state index >= 15 is 0 Å². The number of piperidine rings is 1. The van der Waals surface area contributed by atoms with E-state index in [4.69, 9.17) is 0 Å². The molecule has 1 aliphatic heterocycles. The van der Waals surface area contributed by atoms with Gasteiger partial charge in [0, 0.05) is 13.0 Å². The molecule has 0 saturated carbocycles. The number of carbonyl (C=O) groups is 1. The van der Waals surface area contributed by atoms with E-state index in [2.05, 4.69) is 45.3 Å². The van der Waals surface area contributed by atoms with Crippen molar-refractivity contribution < 1.29 is 4.79 Å². The number of amides is 1. The molecule has 112 valence electrons. The quantitative estimate of drug-likeness (QED) is 0.805. The van der Waals surface area contributed by atoms with Gasteiger partial charge >= 0.3 is 0 Å². The van der Waals surface area contributed by atoms with Crippen molar-refractivity contribution in [2.75, 3.05) is 19.6 Å². The lowest BCUT2D eigenvalue weighted by molar-refractivity contribution is -0.122. The fourth-order valence-electron chi connectivity index (χ4n) is 3.08. The van der Waals surface area contributed by atoms with Gasteiger partial charge in [-0.05, 0) is 49.1 Å². The summed E-state index contributed by atoms with van der Waals surface area (Å²) in [5.41, 5.74) is 0.307. The molecule has 0 spiro atoms. The molecule has 1 aliphatic rings. The Hall–Kier alpha value is -0.570. The van der Waals surface area contributed by atoms with E-state index in [0.29, 0.717) is 29.6 Å². The molecule has 0 radical (unpaired) electrons. The number of nitrogens with one attached hydrogen (secondary N) is 2. The van der Waals surface area contributed by atoms with Crippen LogP contribution in [0, 0.1) is 23.2 Å². The largest absolute Gasteiger partial charge is 0.356 e. The summed E-state index contributed by atoms with van der Waals surface area (Å²) < 4.78 is 0. The van der Waals surface area contributed by atoms with Crippen LogP contribution in [-0.2, 0) is 4.79 Å². The molecule has 0 aromatic carbocycles. The van der Waals surface area contributed by atoms with Crippen LogP contribution in [-0.4, -0.2) is 25.5 Å². The lowest BCUT2D eigenvalue weighted by atomic mass is 9.84. The molecule has 1 saturated heterocycles. The van der Waals surface area contributed by atoms with Gasteiger partial charge in [-0.2, -0.15) is 0 Å². The van der Waals surface area contributed by atoms with E-state index in [0.717, 1.165) is 26.1 Å². The number of hydrogen-bond donors (Lipinski definition) is 2. The molecule has 1 amide bonds. The number of rotatable bonds is 5. The van der Waals surface area contributed by atoms with Crippen LogP contribution in [0.15, 0.2) is 0 Å². The van der Waals surface area contributed by atoms with Gasteiger partial charge in [0.1, 0.15) is 0 Å². The minimum Gasteiger partial charge on any atom is -0.356 e. The molecule has 1 fully saturated rings. The molecule has 0 aromatic heterocycles. The molecule has 3 heteroatoms. The van der Waals surface area contributed by atoms with Crippen molar-refractivity contribution in [3.63, 3.8) is 0 Å². The van der Waals surface area contributed by atoms with E-state index in [1.807, 2.05) is 0 Å². The van der Waals surface area contributed by atoms with E-state index < -0.39 is 0 Å². The first-order valence-corrected chi connectivity index (χ1v) is 7.75. The zero-order valence-corrected chi connectivity index (χ0v) is 13.4. The summed E-state index contributed by atoms with van der Waals surface area (Å²) in [4.78, 5) is 12.0. The van der Waals surface area contributed by atoms with Crippen LogP contribution in [0.1, 0.15) is 53.9 Å². The lowest BCUT2D eigenvalue weighted by Gasteiger charge is -2.30. The Bertz CT molecular complexity index is 283. The van der Waals surface area contributed by atoms with Gasteiger partial charge in [0.25, 0.3) is 0 Å². The van der Waals surface area contributed by atoms with Gasteiger partial charge in [-0.3, -0.25) is 4.79 Å². The van der Waals surface area contributed by atoms with Crippen LogP contribution in [0.2, 0.25) is 0 Å². The lowest BCUT2D eigenvalue weighted by Crippen LogP contribution is -2.42. The molecular formula is C16H32N2O. The first kappa shape index (κ1) is 16.5. The summed E-state index contributed by atoms with van der Waals surface area (Å²) in [6.07, 6.45) is 2.98. The highest BCUT2D eigenvalue weighted by Gasteiger charge is 2.22. The van der Waals surface area contributed by atoms with Crippen LogP contribution in [0.3, 0.4) is 0 Å². The van der Waals surface area contributed by atoms with Crippen molar-refractivity contribution in [3.05, 3.63) is 0 Å². The van der Waals surface area contributed by atoms with Gasteiger partial charge in [0.15, 0.2) is 0 Å². The van der Waals surface area contributed by atoms with Crippen molar-refractivity contribution >= 4 is 5.91 Å². The van der Waals surface area contributed by atoms with Crippen LogP contribution in [0.25, 0.3) is 0 Å². The van der Waals surface area contributed by atoms with Crippen molar-refractivity contribution in [3.8, 4) is 0 Å². The van der Waals surface area contributed by atoms with Crippen molar-refractivity contribution in [2.45, 2.75) is 53.9 Å². The third-order valence-corrected chi connectivity index (χ3v) is 4.04. The molecule has 0 aliphatic carbocycles. The van der Waals surface area contributed by atoms with Gasteiger partial charge < -0.3 is 10.6 Å². The normalized spacial score (nSPS) is 25.9. The molecule has 3 nitrogen and oxygen atoms in total. The highest BCUT2D eigenvalue weighted by atomic mass is 16.1. The third-order valence-electron chi connectivity index (χ3n) is 4.04. The molecular weight excluding hydrogens is 236 g/mol. The Morgan fingerprint density at radius 1 is 1.42 bits per heavy atom. The monoisotopic (exact) mass is 268 g/mol. The van der Waals surface area contributed by atoms with E-state index in [-0.39, 0.29) is 5.91 Å². The highest BCUT2D eigenvalue weighted by Crippen LogP contribution is 2.25. The molecule has 0 aromatic rings. The van der Waals surface area contributed by atoms with Crippen molar-refractivity contribution in [1.29, 1.82) is 0 Å². The summed E-state index contributed by atoms with van der Waals surface area (Å²) in [5, 5.41) is 6.53. The summed E-state index contributed by atoms with van der Waals surface area (Å²) >= 11 is 0. The number of hydrogen-bond acceptors (Lipinski definition) is 2. The van der Waals surface area contributed by atoms with Crippen LogP contribution in [0.5, 0.6) is 0 Å². The topological polar surface area (TPSA) is 41.1 Å². The fourth-order valence-corrected chi connectivity index (χ4v) is 3.08. The zero-order valence-electron chi connectivity index (χ0n) is 13.4. The Kier molecular flexibility index (Phi) is 6.31. The Morgan fingerprint density at radius 3 is 2.68 bits per heavy atom. The predicted octanol–water partition coefficient (Wildman–Crippen LogP) is 2.81. The maximum atomic E-state index is 12.0. The average Bonchev–Trinajstić information content (AvgIpc) is 2.25. The maximum absolute atomic E-state index is 12.0. The highest BCUT2D eigenvalue weighted by molar-refractivity contribution is 5.76. The molecule has 0 bridgehead atoms. The van der Waals surface area contributed by atoms with Gasteiger partial charge in [-0.1, -0.05) is 34.6 Å². The maximum Gasteiger partial charge on any atom is 0.220 e. The zero-order chi connectivity index (χ0) is 14.5. The number of carbonyl (C=O) groups excluding carboxylic acids is 1. The van der Waals surface area contributed by atoms with Crippen molar-refractivity contribution in [2.24, 2.45) is 23.2 Å². The van der Waals surface area contributed by atoms with E-state index in [9.17, 15) is 4.79 Å². The first-order chi connectivity index (χ1) is 8.78. The Labute approximate surface area is 118 Å². The molecule has 2 N–H and O–H groups in total. The van der Waals surface area contributed by atoms with Crippen LogP contribution >= 0.6 is 0 Å². The van der Waals surface area contributed by atoms with Crippen molar-refractivity contribution in [1.82, 2.24) is 10.6 Å². The van der Waals surface area contributed by atoms with Gasteiger partial charge in [-0.15, -0.1) is 0 Å². The second-order valence-electron chi connectivity index (χ2n) is 7.61. The Morgan fingerprint density at radius 2 is 2.11 bits per heavy atom. The smallest absolute Gasteiger partial charge is 0.220 e. The van der Waals surface area contributed by atoms with Crippen LogP contribution in [0.4, 0.5) is 0 Å². The van der Waals surface area contributed by atoms with Gasteiger partial charge in [0.05, 0.1) is 0 Å². The molecule has 3 atom stereocenters. The minimum atomic E-state index is 0.217. The van der Waals surface area contributed by atoms with E-state index in [1.54, 1.807) is 0 Å². The first-order valence-electron chi connectivity index (χ1n) is 7.75. The fraction of sp³-hybridized carbons (Fsp3) is 0.938. The standard InChI is InChI=1S/C16H32N2O/c1-12(9-16(3,4)5)8-15(19)18-11-14-10-17-7-6-13(14)2/h12-14,17H,6-11H2,1-5H3,(H,18,19). The van der Waals surface area contributed by atoms with E-state index in [1.165, 1.54) is 6.42 Å². The second kappa shape index (κ2) is 7.28. The van der Waals surface area contributed by atoms with Gasteiger partial charge in [-0.25, -0.2) is 0 Å². The minimum absolute atomic E-state index is 0.217.